The Labute approximate surface area is 140 Å². The van der Waals surface area contributed by atoms with Crippen LogP contribution in [0.1, 0.15) is 84.5 Å². The third kappa shape index (κ3) is 13.2. The Balaban J connectivity index is 0. The summed E-state index contributed by atoms with van der Waals surface area (Å²) in [5.74, 6) is -1.36. The molecular formula is C15H29NaO3. The second-order valence-electron chi connectivity index (χ2n) is 5.49. The van der Waals surface area contributed by atoms with Gasteiger partial charge >= 0.3 is 29.6 Å². The summed E-state index contributed by atoms with van der Waals surface area (Å²) < 4.78 is 0. The quantitative estimate of drug-likeness (QED) is 0.398. The molecular weight excluding hydrogens is 251 g/mol. The fourth-order valence-corrected chi connectivity index (χ4v) is 2.06. The Morgan fingerprint density at radius 2 is 1.32 bits per heavy atom. The van der Waals surface area contributed by atoms with Crippen LogP contribution in [0.5, 0.6) is 0 Å². The molecule has 1 N–H and O–H groups in total. The normalized spacial score (nSPS) is 13.6. The summed E-state index contributed by atoms with van der Waals surface area (Å²) in [6.45, 7) is 3.54. The monoisotopic (exact) mass is 280 g/mol. The molecule has 0 radical (unpaired) electrons. The second kappa shape index (κ2) is 13.4. The fraction of sp³-hybridized carbons (Fsp3) is 0.933. The number of hydrogen-bond acceptors (Lipinski definition) is 3. The van der Waals surface area contributed by atoms with Crippen molar-refractivity contribution < 1.29 is 44.6 Å². The molecule has 0 heterocycles. The second-order valence-corrected chi connectivity index (χ2v) is 5.49. The van der Waals surface area contributed by atoms with E-state index in [1.807, 2.05) is 0 Å². The molecule has 1 unspecified atom stereocenters. The van der Waals surface area contributed by atoms with Crippen LogP contribution in [0.4, 0.5) is 0 Å². The molecule has 108 valence electrons. The summed E-state index contributed by atoms with van der Waals surface area (Å²) in [6, 6.07) is 0. The number of carbonyl (C=O) groups excluding carboxylic acids is 1. The molecule has 0 amide bonds. The van der Waals surface area contributed by atoms with E-state index in [9.17, 15) is 15.0 Å². The maximum Gasteiger partial charge on any atom is 1.00 e. The predicted molar refractivity (Wildman–Crippen MR) is 72.1 cm³/mol. The van der Waals surface area contributed by atoms with Crippen molar-refractivity contribution in [3.8, 4) is 0 Å². The van der Waals surface area contributed by atoms with Gasteiger partial charge in [-0.1, -0.05) is 71.1 Å². The molecule has 0 aliphatic heterocycles. The molecule has 0 saturated heterocycles. The molecule has 0 bridgehead atoms. The van der Waals surface area contributed by atoms with Crippen molar-refractivity contribution >= 4 is 5.97 Å². The molecule has 1 atom stereocenters. The van der Waals surface area contributed by atoms with Crippen molar-refractivity contribution in [2.45, 2.75) is 90.1 Å². The van der Waals surface area contributed by atoms with Gasteiger partial charge in [-0.05, 0) is 13.3 Å². The van der Waals surface area contributed by atoms with Crippen LogP contribution in [0.2, 0.25) is 0 Å². The van der Waals surface area contributed by atoms with E-state index in [2.05, 4.69) is 6.92 Å². The summed E-state index contributed by atoms with van der Waals surface area (Å²) in [4.78, 5) is 10.6. The van der Waals surface area contributed by atoms with Crippen LogP contribution in [-0.2, 0) is 4.79 Å². The molecule has 0 aliphatic carbocycles. The minimum atomic E-state index is -1.65. The van der Waals surface area contributed by atoms with Crippen molar-refractivity contribution in [3.05, 3.63) is 0 Å². The van der Waals surface area contributed by atoms with Crippen LogP contribution in [0.15, 0.2) is 0 Å². The first-order valence-electron chi connectivity index (χ1n) is 7.44. The molecule has 0 fully saturated rings. The van der Waals surface area contributed by atoms with Gasteiger partial charge in [0.25, 0.3) is 0 Å². The van der Waals surface area contributed by atoms with Crippen molar-refractivity contribution in [2.24, 2.45) is 0 Å². The number of hydrogen-bond donors (Lipinski definition) is 1. The molecule has 0 rings (SSSR count). The Morgan fingerprint density at radius 1 is 0.947 bits per heavy atom. The van der Waals surface area contributed by atoms with Crippen molar-refractivity contribution in [1.82, 2.24) is 0 Å². The van der Waals surface area contributed by atoms with Gasteiger partial charge in [-0.2, -0.15) is 0 Å². The number of aliphatic carboxylic acids is 1. The average molecular weight is 280 g/mol. The number of rotatable bonds is 12. The summed E-state index contributed by atoms with van der Waals surface area (Å²) in [5.41, 5.74) is -1.65. The van der Waals surface area contributed by atoms with E-state index in [0.29, 0.717) is 6.42 Å². The molecule has 0 aromatic rings. The van der Waals surface area contributed by atoms with Crippen LogP contribution in [0, 0.1) is 0 Å². The van der Waals surface area contributed by atoms with Crippen LogP contribution in [0.25, 0.3) is 0 Å². The first-order valence-corrected chi connectivity index (χ1v) is 7.44. The van der Waals surface area contributed by atoms with E-state index in [-0.39, 0.29) is 29.6 Å². The van der Waals surface area contributed by atoms with Crippen LogP contribution in [0.3, 0.4) is 0 Å². The van der Waals surface area contributed by atoms with E-state index in [4.69, 9.17) is 0 Å². The van der Waals surface area contributed by atoms with Gasteiger partial charge in [0.05, 0.1) is 5.97 Å². The predicted octanol–water partition coefficient (Wildman–Crippen LogP) is -0.198. The first kappa shape index (κ1) is 21.7. The number of carbonyl (C=O) groups is 1. The summed E-state index contributed by atoms with van der Waals surface area (Å²) in [7, 11) is 0. The summed E-state index contributed by atoms with van der Waals surface area (Å²) >= 11 is 0. The molecule has 0 spiro atoms. The molecule has 4 heteroatoms. The minimum Gasteiger partial charge on any atom is -0.547 e. The zero-order valence-corrected chi connectivity index (χ0v) is 15.0. The van der Waals surface area contributed by atoms with Crippen LogP contribution < -0.4 is 34.7 Å². The third-order valence-corrected chi connectivity index (χ3v) is 3.46. The topological polar surface area (TPSA) is 60.4 Å². The van der Waals surface area contributed by atoms with Gasteiger partial charge in [0.2, 0.25) is 0 Å². The van der Waals surface area contributed by atoms with Crippen LogP contribution >= 0.6 is 0 Å². The molecule has 0 aliphatic rings. The molecule has 0 saturated carbocycles. The van der Waals surface area contributed by atoms with Gasteiger partial charge in [-0.15, -0.1) is 0 Å². The number of aliphatic hydroxyl groups is 1. The molecule has 0 aromatic carbocycles. The molecule has 19 heavy (non-hydrogen) atoms. The zero-order chi connectivity index (χ0) is 13.9. The fourth-order valence-electron chi connectivity index (χ4n) is 2.06. The van der Waals surface area contributed by atoms with Gasteiger partial charge in [0.1, 0.15) is 5.60 Å². The Bertz CT molecular complexity index is 217. The van der Waals surface area contributed by atoms with Gasteiger partial charge in [-0.25, -0.2) is 0 Å². The Kier molecular flexibility index (Phi) is 15.3. The minimum absolute atomic E-state index is 0. The Morgan fingerprint density at radius 3 is 1.68 bits per heavy atom. The first-order chi connectivity index (χ1) is 8.50. The SMILES string of the molecule is CCCCCCCCCCCCC(C)(O)C(=O)[O-].[Na+]. The van der Waals surface area contributed by atoms with Gasteiger partial charge < -0.3 is 15.0 Å². The van der Waals surface area contributed by atoms with E-state index in [1.165, 1.54) is 51.9 Å². The third-order valence-electron chi connectivity index (χ3n) is 3.46. The van der Waals surface area contributed by atoms with E-state index >= 15 is 0 Å². The Hall–Kier alpha value is 0.430. The maximum absolute atomic E-state index is 10.6. The largest absolute Gasteiger partial charge is 1.00 e. The van der Waals surface area contributed by atoms with Gasteiger partial charge in [-0.3, -0.25) is 0 Å². The molecule has 3 nitrogen and oxygen atoms in total. The standard InChI is InChI=1S/C15H30O3.Na/c1-3-4-5-6-7-8-9-10-11-12-13-15(2,18)14(16)17;/h18H,3-13H2,1-2H3,(H,16,17);/q;+1/p-1. The average Bonchev–Trinajstić information content (AvgIpc) is 2.31. The van der Waals surface area contributed by atoms with E-state index in [0.717, 1.165) is 19.3 Å². The van der Waals surface area contributed by atoms with Gasteiger partial charge in [0, 0.05) is 0 Å². The number of unbranched alkanes of at least 4 members (excludes halogenated alkanes) is 9. The molecule has 0 aromatic heterocycles. The maximum atomic E-state index is 10.6. The van der Waals surface area contributed by atoms with Crippen molar-refractivity contribution in [3.63, 3.8) is 0 Å². The van der Waals surface area contributed by atoms with Crippen molar-refractivity contribution in [1.29, 1.82) is 0 Å². The zero-order valence-electron chi connectivity index (χ0n) is 13.0. The van der Waals surface area contributed by atoms with Crippen molar-refractivity contribution in [2.75, 3.05) is 0 Å². The van der Waals surface area contributed by atoms with E-state index < -0.39 is 11.6 Å². The van der Waals surface area contributed by atoms with Gasteiger partial charge in [0.15, 0.2) is 0 Å². The van der Waals surface area contributed by atoms with E-state index in [1.54, 1.807) is 0 Å². The summed E-state index contributed by atoms with van der Waals surface area (Å²) in [6.07, 6.45) is 12.3. The van der Waals surface area contributed by atoms with Crippen LogP contribution in [-0.4, -0.2) is 16.7 Å². The number of carboxylic acid groups (broad SMARTS) is 1. The summed E-state index contributed by atoms with van der Waals surface area (Å²) in [5, 5.41) is 20.0. The smallest absolute Gasteiger partial charge is 0.547 e. The number of carboxylic acids is 1.